The first kappa shape index (κ1) is 13.2. The maximum absolute atomic E-state index is 5.72. The number of fused-ring (bicyclic) bond motifs is 1. The molecule has 3 aromatic rings. The van der Waals surface area contributed by atoms with Crippen LogP contribution in [-0.4, -0.2) is 11.5 Å². The van der Waals surface area contributed by atoms with Crippen LogP contribution in [0.1, 0.15) is 11.3 Å². The molecule has 0 saturated heterocycles. The van der Waals surface area contributed by atoms with Crippen LogP contribution >= 0.6 is 11.8 Å². The highest BCUT2D eigenvalue weighted by atomic mass is 32.2. The smallest absolute Gasteiger partial charge is 0.114 e. The molecule has 3 nitrogen and oxygen atoms in total. The Morgan fingerprint density at radius 2 is 2.10 bits per heavy atom. The summed E-state index contributed by atoms with van der Waals surface area (Å²) in [7, 11) is 0. The Hall–Kier alpha value is -1.78. The standard InChI is InChI=1S/C16H16N2OS/c1-11-15(7-9-19-11)20-16-13(6-8-17)10-12-4-2-3-5-14(12)18-16/h2-5,7,9-10H,6,8,17H2,1H3. The summed E-state index contributed by atoms with van der Waals surface area (Å²) >= 11 is 1.64. The normalized spacial score (nSPS) is 11.1. The Bertz CT molecular complexity index is 736. The maximum Gasteiger partial charge on any atom is 0.114 e. The van der Waals surface area contributed by atoms with Gasteiger partial charge in [0.1, 0.15) is 10.8 Å². The van der Waals surface area contributed by atoms with Crippen molar-refractivity contribution in [3.8, 4) is 0 Å². The number of rotatable bonds is 4. The van der Waals surface area contributed by atoms with E-state index < -0.39 is 0 Å². The van der Waals surface area contributed by atoms with Crippen LogP contribution in [0.3, 0.4) is 0 Å². The first-order valence-corrected chi connectivity index (χ1v) is 7.40. The van der Waals surface area contributed by atoms with Gasteiger partial charge in [0.25, 0.3) is 0 Å². The zero-order valence-electron chi connectivity index (χ0n) is 11.3. The fourth-order valence-electron chi connectivity index (χ4n) is 2.15. The third-order valence-corrected chi connectivity index (χ3v) is 4.38. The van der Waals surface area contributed by atoms with Gasteiger partial charge in [-0.2, -0.15) is 0 Å². The Morgan fingerprint density at radius 3 is 2.85 bits per heavy atom. The van der Waals surface area contributed by atoms with Crippen LogP contribution in [0.25, 0.3) is 10.9 Å². The van der Waals surface area contributed by atoms with Gasteiger partial charge in [0.2, 0.25) is 0 Å². The summed E-state index contributed by atoms with van der Waals surface area (Å²) in [5.74, 6) is 0.920. The highest BCUT2D eigenvalue weighted by Crippen LogP contribution is 2.33. The van der Waals surface area contributed by atoms with Crippen molar-refractivity contribution in [2.75, 3.05) is 6.54 Å². The topological polar surface area (TPSA) is 52.0 Å². The van der Waals surface area contributed by atoms with Gasteiger partial charge in [-0.15, -0.1) is 0 Å². The molecule has 0 spiro atoms. The average molecular weight is 284 g/mol. The van der Waals surface area contributed by atoms with E-state index in [0.29, 0.717) is 6.54 Å². The van der Waals surface area contributed by atoms with E-state index in [1.165, 1.54) is 5.56 Å². The number of nitrogens with zero attached hydrogens (tertiary/aromatic N) is 1. The van der Waals surface area contributed by atoms with Gasteiger partial charge in [0.05, 0.1) is 16.7 Å². The highest BCUT2D eigenvalue weighted by Gasteiger charge is 2.11. The molecule has 2 aromatic heterocycles. The molecule has 20 heavy (non-hydrogen) atoms. The summed E-state index contributed by atoms with van der Waals surface area (Å²) < 4.78 is 5.35. The number of benzene rings is 1. The minimum absolute atomic E-state index is 0.623. The van der Waals surface area contributed by atoms with Gasteiger partial charge in [-0.05, 0) is 43.7 Å². The fourth-order valence-corrected chi connectivity index (χ4v) is 3.11. The summed E-state index contributed by atoms with van der Waals surface area (Å²) in [6.45, 7) is 2.59. The first-order valence-electron chi connectivity index (χ1n) is 6.58. The molecule has 0 saturated carbocycles. The number of nitrogens with two attached hydrogens (primary N) is 1. The quantitative estimate of drug-likeness (QED) is 0.792. The molecule has 102 valence electrons. The van der Waals surface area contributed by atoms with Crippen LogP contribution in [-0.2, 0) is 6.42 Å². The third kappa shape index (κ3) is 2.57. The van der Waals surface area contributed by atoms with E-state index in [4.69, 9.17) is 15.1 Å². The van der Waals surface area contributed by atoms with Gasteiger partial charge in [-0.3, -0.25) is 0 Å². The van der Waals surface area contributed by atoms with Gasteiger partial charge in [0, 0.05) is 5.39 Å². The number of furan rings is 1. The molecule has 0 aliphatic rings. The van der Waals surface area contributed by atoms with Crippen molar-refractivity contribution < 1.29 is 4.42 Å². The Morgan fingerprint density at radius 1 is 1.25 bits per heavy atom. The lowest BCUT2D eigenvalue weighted by atomic mass is 10.1. The van der Waals surface area contributed by atoms with Gasteiger partial charge in [-0.25, -0.2) is 4.98 Å². The molecule has 3 rings (SSSR count). The van der Waals surface area contributed by atoms with E-state index in [0.717, 1.165) is 33.0 Å². The van der Waals surface area contributed by atoms with Crippen LogP contribution in [0.4, 0.5) is 0 Å². The van der Waals surface area contributed by atoms with Crippen LogP contribution in [0.2, 0.25) is 0 Å². The van der Waals surface area contributed by atoms with Crippen LogP contribution < -0.4 is 5.73 Å². The summed E-state index contributed by atoms with van der Waals surface area (Å²) in [6, 6.07) is 12.3. The lowest BCUT2D eigenvalue weighted by Crippen LogP contribution is -2.04. The molecule has 0 bridgehead atoms. The van der Waals surface area contributed by atoms with E-state index in [2.05, 4.69) is 12.1 Å². The van der Waals surface area contributed by atoms with E-state index in [9.17, 15) is 0 Å². The molecule has 0 aliphatic heterocycles. The molecule has 0 radical (unpaired) electrons. The maximum atomic E-state index is 5.72. The molecule has 4 heteroatoms. The zero-order chi connectivity index (χ0) is 13.9. The van der Waals surface area contributed by atoms with Crippen molar-refractivity contribution in [3.63, 3.8) is 0 Å². The highest BCUT2D eigenvalue weighted by molar-refractivity contribution is 7.99. The van der Waals surface area contributed by atoms with Gasteiger partial charge in [0.15, 0.2) is 0 Å². The minimum atomic E-state index is 0.623. The number of hydrogen-bond donors (Lipinski definition) is 1. The van der Waals surface area contributed by atoms with Crippen molar-refractivity contribution in [1.29, 1.82) is 0 Å². The second-order valence-corrected chi connectivity index (χ2v) is 5.66. The molecule has 0 amide bonds. The largest absolute Gasteiger partial charge is 0.468 e. The molecule has 2 heterocycles. The molecule has 0 fully saturated rings. The predicted octanol–water partition coefficient (Wildman–Crippen LogP) is 3.79. The van der Waals surface area contributed by atoms with Crippen molar-refractivity contribution >= 4 is 22.7 Å². The van der Waals surface area contributed by atoms with Crippen molar-refractivity contribution in [1.82, 2.24) is 4.98 Å². The molecule has 2 N–H and O–H groups in total. The molecular formula is C16H16N2OS. The third-order valence-electron chi connectivity index (χ3n) is 3.19. The summed E-state index contributed by atoms with van der Waals surface area (Å²) in [4.78, 5) is 5.88. The van der Waals surface area contributed by atoms with Crippen LogP contribution in [0, 0.1) is 6.92 Å². The molecule has 0 atom stereocenters. The van der Waals surface area contributed by atoms with Crippen molar-refractivity contribution in [2.24, 2.45) is 5.73 Å². The van der Waals surface area contributed by atoms with E-state index >= 15 is 0 Å². The number of aromatic nitrogens is 1. The summed E-state index contributed by atoms with van der Waals surface area (Å²) in [5.41, 5.74) is 7.92. The second-order valence-electron chi connectivity index (χ2n) is 4.63. The monoisotopic (exact) mass is 284 g/mol. The van der Waals surface area contributed by atoms with Crippen LogP contribution in [0.15, 0.2) is 57.0 Å². The summed E-state index contributed by atoms with van der Waals surface area (Å²) in [5, 5.41) is 2.17. The number of para-hydroxylation sites is 1. The van der Waals surface area contributed by atoms with E-state index in [1.54, 1.807) is 18.0 Å². The van der Waals surface area contributed by atoms with Crippen molar-refractivity contribution in [3.05, 3.63) is 54.0 Å². The first-order chi connectivity index (χ1) is 9.78. The Balaban J connectivity index is 2.07. The second kappa shape index (κ2) is 5.69. The minimum Gasteiger partial charge on any atom is -0.468 e. The van der Waals surface area contributed by atoms with Crippen molar-refractivity contribution in [2.45, 2.75) is 23.3 Å². The number of hydrogen-bond acceptors (Lipinski definition) is 4. The Labute approximate surface area is 122 Å². The number of aryl methyl sites for hydroxylation is 1. The zero-order valence-corrected chi connectivity index (χ0v) is 12.1. The SMILES string of the molecule is Cc1occc1Sc1nc2ccccc2cc1CCN. The van der Waals surface area contributed by atoms with Crippen LogP contribution in [0.5, 0.6) is 0 Å². The average Bonchev–Trinajstić information content (AvgIpc) is 2.85. The van der Waals surface area contributed by atoms with E-state index in [-0.39, 0.29) is 0 Å². The fraction of sp³-hybridized carbons (Fsp3) is 0.188. The number of pyridine rings is 1. The lowest BCUT2D eigenvalue weighted by molar-refractivity contribution is 0.527. The van der Waals surface area contributed by atoms with Gasteiger partial charge < -0.3 is 10.2 Å². The summed E-state index contributed by atoms with van der Waals surface area (Å²) in [6.07, 6.45) is 2.54. The van der Waals surface area contributed by atoms with Gasteiger partial charge in [-0.1, -0.05) is 30.0 Å². The predicted molar refractivity (Wildman–Crippen MR) is 82.1 cm³/mol. The van der Waals surface area contributed by atoms with Gasteiger partial charge >= 0.3 is 0 Å². The molecular weight excluding hydrogens is 268 g/mol. The lowest BCUT2D eigenvalue weighted by Gasteiger charge is -2.09. The molecule has 0 aliphatic carbocycles. The Kier molecular flexibility index (Phi) is 3.76. The molecule has 1 aromatic carbocycles. The van der Waals surface area contributed by atoms with E-state index in [1.807, 2.05) is 31.2 Å². The molecule has 0 unspecified atom stereocenters.